The smallest absolute Gasteiger partial charge is 0.0406 e. The summed E-state index contributed by atoms with van der Waals surface area (Å²) in [6.45, 7) is 3.09. The zero-order valence-corrected chi connectivity index (χ0v) is 9.72. The van der Waals surface area contributed by atoms with E-state index in [1.165, 1.54) is 5.56 Å². The third kappa shape index (κ3) is 4.38. The van der Waals surface area contributed by atoms with Gasteiger partial charge in [-0.25, -0.2) is 0 Å². The number of halogens is 1. The second kappa shape index (κ2) is 6.50. The van der Waals surface area contributed by atoms with Crippen LogP contribution in [0.4, 0.5) is 0 Å². The Bertz CT molecular complexity index is 323. The molecule has 0 aliphatic carbocycles. The summed E-state index contributed by atoms with van der Waals surface area (Å²) in [7, 11) is 0. The van der Waals surface area contributed by atoms with E-state index in [4.69, 9.17) is 18.0 Å². The predicted octanol–water partition coefficient (Wildman–Crippen LogP) is 3.40. The van der Waals surface area contributed by atoms with Gasteiger partial charge in [-0.3, -0.25) is 0 Å². The molecule has 15 heavy (non-hydrogen) atoms. The van der Waals surface area contributed by atoms with E-state index in [1.54, 1.807) is 0 Å². The standard InChI is InChI=1S/C13H16ClN/c1-3-4-5-10-15-11(2)12-6-8-13(14)9-7-12/h1,6-9,11,15H,4-5,10H2,2H3/t11-/m1/s1. The number of nitrogens with one attached hydrogen (secondary N) is 1. The lowest BCUT2D eigenvalue weighted by molar-refractivity contribution is 0.563. The molecule has 80 valence electrons. The fraction of sp³-hybridized carbons (Fsp3) is 0.385. The van der Waals surface area contributed by atoms with Crippen LogP contribution in [0.1, 0.15) is 31.4 Å². The van der Waals surface area contributed by atoms with Crippen LogP contribution in [0.5, 0.6) is 0 Å². The fourth-order valence-electron chi connectivity index (χ4n) is 1.38. The zero-order valence-electron chi connectivity index (χ0n) is 8.96. The Balaban J connectivity index is 2.37. The highest BCUT2D eigenvalue weighted by atomic mass is 35.5. The third-order valence-electron chi connectivity index (χ3n) is 2.32. The summed E-state index contributed by atoms with van der Waals surface area (Å²) in [4.78, 5) is 0. The van der Waals surface area contributed by atoms with Crippen molar-refractivity contribution in [2.75, 3.05) is 6.54 Å². The Morgan fingerprint density at radius 1 is 1.40 bits per heavy atom. The van der Waals surface area contributed by atoms with Crippen LogP contribution in [0.2, 0.25) is 5.02 Å². The highest BCUT2D eigenvalue weighted by Crippen LogP contribution is 2.15. The Labute approximate surface area is 96.8 Å². The SMILES string of the molecule is C#CCCCN[C@H](C)c1ccc(Cl)cc1. The Hall–Kier alpha value is -0.970. The summed E-state index contributed by atoms with van der Waals surface area (Å²) in [6.07, 6.45) is 7.04. The lowest BCUT2D eigenvalue weighted by Gasteiger charge is -2.13. The average molecular weight is 222 g/mol. The summed E-state index contributed by atoms with van der Waals surface area (Å²) < 4.78 is 0. The number of hydrogen-bond acceptors (Lipinski definition) is 1. The molecule has 0 aliphatic heterocycles. The van der Waals surface area contributed by atoms with Gasteiger partial charge < -0.3 is 5.32 Å². The summed E-state index contributed by atoms with van der Waals surface area (Å²) in [5.41, 5.74) is 1.25. The summed E-state index contributed by atoms with van der Waals surface area (Å²) >= 11 is 5.82. The van der Waals surface area contributed by atoms with Gasteiger partial charge in [0.2, 0.25) is 0 Å². The molecule has 1 aromatic rings. The monoisotopic (exact) mass is 221 g/mol. The normalized spacial score (nSPS) is 12.1. The average Bonchev–Trinajstić information content (AvgIpc) is 2.25. The highest BCUT2D eigenvalue weighted by Gasteiger charge is 2.03. The van der Waals surface area contributed by atoms with E-state index in [9.17, 15) is 0 Å². The molecule has 1 rings (SSSR count). The molecular formula is C13H16ClN. The Morgan fingerprint density at radius 3 is 2.67 bits per heavy atom. The summed E-state index contributed by atoms with van der Waals surface area (Å²) in [6, 6.07) is 8.26. The van der Waals surface area contributed by atoms with Crippen molar-refractivity contribution < 1.29 is 0 Å². The van der Waals surface area contributed by atoms with Gasteiger partial charge in [0.25, 0.3) is 0 Å². The molecule has 0 aromatic heterocycles. The molecule has 0 spiro atoms. The molecule has 0 amide bonds. The molecule has 0 saturated heterocycles. The summed E-state index contributed by atoms with van der Waals surface area (Å²) in [5, 5.41) is 4.19. The minimum atomic E-state index is 0.347. The van der Waals surface area contributed by atoms with Crippen LogP contribution in [-0.4, -0.2) is 6.54 Å². The maximum atomic E-state index is 5.82. The first-order chi connectivity index (χ1) is 7.24. The quantitative estimate of drug-likeness (QED) is 0.594. The van der Waals surface area contributed by atoms with Crippen LogP contribution < -0.4 is 5.32 Å². The van der Waals surface area contributed by atoms with Crippen LogP contribution in [0.3, 0.4) is 0 Å². The van der Waals surface area contributed by atoms with Crippen molar-refractivity contribution in [2.24, 2.45) is 0 Å². The highest BCUT2D eigenvalue weighted by molar-refractivity contribution is 6.30. The number of rotatable bonds is 5. The third-order valence-corrected chi connectivity index (χ3v) is 2.57. The van der Waals surface area contributed by atoms with Crippen molar-refractivity contribution in [3.8, 4) is 12.3 Å². The molecule has 0 fully saturated rings. The maximum absolute atomic E-state index is 5.82. The number of terminal acetylenes is 1. The van der Waals surface area contributed by atoms with E-state index in [-0.39, 0.29) is 0 Å². The van der Waals surface area contributed by atoms with Crippen LogP contribution in [0, 0.1) is 12.3 Å². The molecule has 0 radical (unpaired) electrons. The molecule has 0 aliphatic rings. The molecule has 1 aromatic carbocycles. The maximum Gasteiger partial charge on any atom is 0.0406 e. The lowest BCUT2D eigenvalue weighted by atomic mass is 10.1. The van der Waals surface area contributed by atoms with Gasteiger partial charge in [0.05, 0.1) is 0 Å². The Morgan fingerprint density at radius 2 is 2.07 bits per heavy atom. The molecular weight excluding hydrogens is 206 g/mol. The van der Waals surface area contributed by atoms with Gasteiger partial charge in [0.1, 0.15) is 0 Å². The van der Waals surface area contributed by atoms with E-state index in [1.807, 2.05) is 24.3 Å². The van der Waals surface area contributed by atoms with Crippen LogP contribution in [-0.2, 0) is 0 Å². The van der Waals surface area contributed by atoms with Gasteiger partial charge in [-0.15, -0.1) is 12.3 Å². The van der Waals surface area contributed by atoms with Crippen LogP contribution in [0.25, 0.3) is 0 Å². The topological polar surface area (TPSA) is 12.0 Å². The van der Waals surface area contributed by atoms with Crippen LogP contribution >= 0.6 is 11.6 Å². The van der Waals surface area contributed by atoms with Gasteiger partial charge in [-0.1, -0.05) is 23.7 Å². The zero-order chi connectivity index (χ0) is 11.1. The molecule has 0 unspecified atom stereocenters. The second-order valence-electron chi connectivity index (χ2n) is 3.54. The van der Waals surface area contributed by atoms with Crippen molar-refractivity contribution in [1.82, 2.24) is 5.32 Å². The summed E-state index contributed by atoms with van der Waals surface area (Å²) in [5.74, 6) is 2.63. The molecule has 1 atom stereocenters. The Kier molecular flexibility index (Phi) is 5.25. The first-order valence-electron chi connectivity index (χ1n) is 5.16. The van der Waals surface area contributed by atoms with Gasteiger partial charge >= 0.3 is 0 Å². The molecule has 1 N–H and O–H groups in total. The van der Waals surface area contributed by atoms with E-state index in [2.05, 4.69) is 18.2 Å². The van der Waals surface area contributed by atoms with Crippen molar-refractivity contribution in [2.45, 2.75) is 25.8 Å². The van der Waals surface area contributed by atoms with Gasteiger partial charge in [0, 0.05) is 17.5 Å². The van der Waals surface area contributed by atoms with Gasteiger partial charge in [-0.05, 0) is 37.6 Å². The number of unbranched alkanes of at least 4 members (excludes halogenated alkanes) is 1. The van der Waals surface area contributed by atoms with Gasteiger partial charge in [0.15, 0.2) is 0 Å². The second-order valence-corrected chi connectivity index (χ2v) is 3.97. The van der Waals surface area contributed by atoms with E-state index < -0.39 is 0 Å². The minimum absolute atomic E-state index is 0.347. The van der Waals surface area contributed by atoms with Crippen LogP contribution in [0.15, 0.2) is 24.3 Å². The minimum Gasteiger partial charge on any atom is -0.310 e. The van der Waals surface area contributed by atoms with Crippen molar-refractivity contribution in [1.29, 1.82) is 0 Å². The van der Waals surface area contributed by atoms with Crippen molar-refractivity contribution >= 4 is 11.6 Å². The van der Waals surface area contributed by atoms with Gasteiger partial charge in [-0.2, -0.15) is 0 Å². The fourth-order valence-corrected chi connectivity index (χ4v) is 1.50. The predicted molar refractivity (Wildman–Crippen MR) is 65.9 cm³/mol. The lowest BCUT2D eigenvalue weighted by Crippen LogP contribution is -2.19. The van der Waals surface area contributed by atoms with Crippen molar-refractivity contribution in [3.05, 3.63) is 34.9 Å². The van der Waals surface area contributed by atoms with E-state index in [0.29, 0.717) is 6.04 Å². The van der Waals surface area contributed by atoms with Crippen molar-refractivity contribution in [3.63, 3.8) is 0 Å². The first kappa shape index (κ1) is 12.1. The molecule has 2 heteroatoms. The molecule has 0 saturated carbocycles. The largest absolute Gasteiger partial charge is 0.310 e. The van der Waals surface area contributed by atoms with E-state index >= 15 is 0 Å². The first-order valence-corrected chi connectivity index (χ1v) is 5.54. The van der Waals surface area contributed by atoms with E-state index in [0.717, 1.165) is 24.4 Å². The number of hydrogen-bond donors (Lipinski definition) is 1. The number of benzene rings is 1. The molecule has 0 bridgehead atoms. The molecule has 0 heterocycles. The molecule has 1 nitrogen and oxygen atoms in total.